The second-order valence-corrected chi connectivity index (χ2v) is 4.97. The van der Waals surface area contributed by atoms with Gasteiger partial charge in [-0.2, -0.15) is 0 Å². The van der Waals surface area contributed by atoms with Crippen molar-refractivity contribution < 1.29 is 14.1 Å². The summed E-state index contributed by atoms with van der Waals surface area (Å²) in [6.45, 7) is 0. The third kappa shape index (κ3) is 3.08. The van der Waals surface area contributed by atoms with E-state index in [0.29, 0.717) is 5.56 Å². The Morgan fingerprint density at radius 2 is 1.90 bits per heavy atom. The Morgan fingerprint density at radius 3 is 2.50 bits per heavy atom. The molecule has 0 spiro atoms. The van der Waals surface area contributed by atoms with Crippen LogP contribution in [0.3, 0.4) is 0 Å². The molecule has 0 atom stereocenters. The van der Waals surface area contributed by atoms with E-state index in [0.717, 1.165) is 12.1 Å². The van der Waals surface area contributed by atoms with Crippen molar-refractivity contribution in [1.82, 2.24) is 0 Å². The molecule has 0 fully saturated rings. The van der Waals surface area contributed by atoms with Gasteiger partial charge in [0.1, 0.15) is 5.82 Å². The second kappa shape index (κ2) is 5.92. The molecule has 2 aromatic carbocycles. The number of nitro benzene ring substituents is 1. The van der Waals surface area contributed by atoms with Crippen LogP contribution >= 0.6 is 15.9 Å². The van der Waals surface area contributed by atoms with Gasteiger partial charge in [0.25, 0.3) is 5.69 Å². The van der Waals surface area contributed by atoms with Gasteiger partial charge in [-0.1, -0.05) is 30.3 Å². The first-order chi connectivity index (χ1) is 9.49. The summed E-state index contributed by atoms with van der Waals surface area (Å²) in [4.78, 5) is 22.4. The van der Waals surface area contributed by atoms with Gasteiger partial charge in [-0.25, -0.2) is 4.39 Å². The quantitative estimate of drug-likeness (QED) is 0.482. The van der Waals surface area contributed by atoms with Gasteiger partial charge in [0, 0.05) is 23.6 Å². The van der Waals surface area contributed by atoms with Crippen molar-refractivity contribution in [3.05, 3.63) is 74.0 Å². The average Bonchev–Trinajstić information content (AvgIpc) is 2.43. The van der Waals surface area contributed by atoms with Gasteiger partial charge in [0.15, 0.2) is 5.78 Å². The molecule has 0 bridgehead atoms. The van der Waals surface area contributed by atoms with Gasteiger partial charge in [0.2, 0.25) is 0 Å². The molecule has 0 heterocycles. The van der Waals surface area contributed by atoms with E-state index in [1.165, 1.54) is 0 Å². The summed E-state index contributed by atoms with van der Waals surface area (Å²) in [6, 6.07) is 10.5. The lowest BCUT2D eigenvalue weighted by Gasteiger charge is -2.04. The van der Waals surface area contributed by atoms with E-state index < -0.39 is 10.7 Å². The van der Waals surface area contributed by atoms with Crippen molar-refractivity contribution >= 4 is 27.4 Å². The number of carbonyl (C=O) groups is 1. The van der Waals surface area contributed by atoms with Crippen molar-refractivity contribution in [2.45, 2.75) is 6.42 Å². The van der Waals surface area contributed by atoms with E-state index in [9.17, 15) is 19.3 Å². The standard InChI is InChI=1S/C14H9BrFNO3/c15-11-8-13(17(19)20)10(6-12(11)16)7-14(18)9-4-2-1-3-5-9/h1-6,8H,7H2. The number of benzene rings is 2. The molecule has 102 valence electrons. The number of nitrogens with zero attached hydrogens (tertiary/aromatic N) is 1. The van der Waals surface area contributed by atoms with Gasteiger partial charge in [0.05, 0.1) is 9.40 Å². The first-order valence-corrected chi connectivity index (χ1v) is 6.49. The summed E-state index contributed by atoms with van der Waals surface area (Å²) in [5.74, 6) is -0.929. The summed E-state index contributed by atoms with van der Waals surface area (Å²) in [5.41, 5.74) is 0.220. The van der Waals surface area contributed by atoms with Crippen molar-refractivity contribution in [3.8, 4) is 0 Å². The van der Waals surface area contributed by atoms with E-state index in [2.05, 4.69) is 15.9 Å². The Bertz CT molecular complexity index is 674. The van der Waals surface area contributed by atoms with Gasteiger partial charge in [-0.15, -0.1) is 0 Å². The van der Waals surface area contributed by atoms with Crippen LogP contribution in [-0.4, -0.2) is 10.7 Å². The highest BCUT2D eigenvalue weighted by Gasteiger charge is 2.20. The summed E-state index contributed by atoms with van der Waals surface area (Å²) in [5, 5.41) is 11.0. The normalized spacial score (nSPS) is 10.3. The molecule has 0 aliphatic heterocycles. The Morgan fingerprint density at radius 1 is 1.25 bits per heavy atom. The molecule has 0 saturated carbocycles. The lowest BCUT2D eigenvalue weighted by atomic mass is 10.0. The molecule has 2 aromatic rings. The first kappa shape index (κ1) is 14.3. The lowest BCUT2D eigenvalue weighted by Crippen LogP contribution is -2.06. The van der Waals surface area contributed by atoms with E-state index in [4.69, 9.17) is 0 Å². The predicted molar refractivity (Wildman–Crippen MR) is 75.2 cm³/mol. The van der Waals surface area contributed by atoms with Crippen molar-refractivity contribution in [2.24, 2.45) is 0 Å². The molecule has 0 amide bonds. The fraction of sp³-hybridized carbons (Fsp3) is 0.0714. The van der Waals surface area contributed by atoms with E-state index in [1.807, 2.05) is 0 Å². The number of nitro groups is 1. The zero-order valence-corrected chi connectivity index (χ0v) is 11.8. The molecule has 20 heavy (non-hydrogen) atoms. The predicted octanol–water partition coefficient (Wildman–Crippen LogP) is 3.92. The van der Waals surface area contributed by atoms with Crippen LogP contribution in [0.25, 0.3) is 0 Å². The van der Waals surface area contributed by atoms with Crippen molar-refractivity contribution in [1.29, 1.82) is 0 Å². The van der Waals surface area contributed by atoms with Crippen LogP contribution in [0.15, 0.2) is 46.9 Å². The smallest absolute Gasteiger partial charge is 0.274 e. The minimum Gasteiger partial charge on any atom is -0.294 e. The molecule has 0 unspecified atom stereocenters. The Kier molecular flexibility index (Phi) is 4.24. The van der Waals surface area contributed by atoms with Crippen molar-refractivity contribution in [3.63, 3.8) is 0 Å². The monoisotopic (exact) mass is 337 g/mol. The average molecular weight is 338 g/mol. The molecule has 4 nitrogen and oxygen atoms in total. The van der Waals surface area contributed by atoms with Crippen LogP contribution in [0, 0.1) is 15.9 Å². The number of Topliss-reactive ketones (excluding diaryl/α,β-unsaturated/α-hetero) is 1. The minimum absolute atomic E-state index is 0.000102. The molecule has 0 N–H and O–H groups in total. The number of hydrogen-bond acceptors (Lipinski definition) is 3. The Labute approximate surface area is 122 Å². The summed E-state index contributed by atoms with van der Waals surface area (Å²) in [6.07, 6.45) is -0.218. The van der Waals surface area contributed by atoms with E-state index >= 15 is 0 Å². The fourth-order valence-corrected chi connectivity index (χ4v) is 2.12. The zero-order chi connectivity index (χ0) is 14.7. The summed E-state index contributed by atoms with van der Waals surface area (Å²) < 4.78 is 13.5. The Balaban J connectivity index is 2.36. The van der Waals surface area contributed by atoms with E-state index in [1.54, 1.807) is 30.3 Å². The number of rotatable bonds is 4. The van der Waals surface area contributed by atoms with Gasteiger partial charge < -0.3 is 0 Å². The summed E-state index contributed by atoms with van der Waals surface area (Å²) in [7, 11) is 0. The Hall–Kier alpha value is -2.08. The van der Waals surface area contributed by atoms with Gasteiger partial charge in [-0.3, -0.25) is 14.9 Å². The molecule has 0 radical (unpaired) electrons. The van der Waals surface area contributed by atoms with Crippen LogP contribution in [-0.2, 0) is 6.42 Å². The van der Waals surface area contributed by atoms with Gasteiger partial charge in [-0.05, 0) is 22.0 Å². The maximum Gasteiger partial charge on any atom is 0.274 e. The molecule has 6 heteroatoms. The maximum absolute atomic E-state index is 13.5. The first-order valence-electron chi connectivity index (χ1n) is 5.69. The highest BCUT2D eigenvalue weighted by Crippen LogP contribution is 2.27. The second-order valence-electron chi connectivity index (χ2n) is 4.12. The highest BCUT2D eigenvalue weighted by atomic mass is 79.9. The topological polar surface area (TPSA) is 60.2 Å². The summed E-state index contributed by atoms with van der Waals surface area (Å²) >= 11 is 2.90. The van der Waals surface area contributed by atoms with Gasteiger partial charge >= 0.3 is 0 Å². The van der Waals surface area contributed by atoms with Crippen LogP contribution in [0.2, 0.25) is 0 Å². The maximum atomic E-state index is 13.5. The molecule has 0 aliphatic carbocycles. The molecule has 0 aromatic heterocycles. The largest absolute Gasteiger partial charge is 0.294 e. The minimum atomic E-state index is -0.633. The molecular formula is C14H9BrFNO3. The zero-order valence-electron chi connectivity index (χ0n) is 10.2. The van der Waals surface area contributed by atoms with Crippen molar-refractivity contribution in [2.75, 3.05) is 0 Å². The SMILES string of the molecule is O=C(Cc1cc(F)c(Br)cc1[N+](=O)[O-])c1ccccc1. The van der Waals surface area contributed by atoms with Crippen LogP contribution in [0.4, 0.5) is 10.1 Å². The van der Waals surface area contributed by atoms with E-state index in [-0.39, 0.29) is 27.9 Å². The molecular weight excluding hydrogens is 329 g/mol. The molecule has 2 rings (SSSR count). The highest BCUT2D eigenvalue weighted by molar-refractivity contribution is 9.10. The van der Waals surface area contributed by atoms with Crippen LogP contribution < -0.4 is 0 Å². The molecule has 0 aliphatic rings. The number of carbonyl (C=O) groups excluding carboxylic acids is 1. The van der Waals surface area contributed by atoms with Crippen LogP contribution in [0.5, 0.6) is 0 Å². The lowest BCUT2D eigenvalue weighted by molar-refractivity contribution is -0.385. The number of hydrogen-bond donors (Lipinski definition) is 0. The fourth-order valence-electron chi connectivity index (χ4n) is 1.79. The third-order valence-electron chi connectivity index (χ3n) is 2.77. The molecule has 0 saturated heterocycles. The number of ketones is 1. The number of halogens is 2. The third-order valence-corrected chi connectivity index (χ3v) is 3.37. The van der Waals surface area contributed by atoms with Crippen LogP contribution in [0.1, 0.15) is 15.9 Å².